The number of aliphatic hydroxyl groups excluding tert-OH is 1. The lowest BCUT2D eigenvalue weighted by atomic mass is 10.1. The van der Waals surface area contributed by atoms with Crippen LogP contribution in [0.25, 0.3) is 0 Å². The fourth-order valence-electron chi connectivity index (χ4n) is 1.55. The van der Waals surface area contributed by atoms with Crippen molar-refractivity contribution in [2.45, 2.75) is 64.3 Å². The van der Waals surface area contributed by atoms with Crippen molar-refractivity contribution in [1.29, 1.82) is 0 Å². The topological polar surface area (TPSA) is 32.8 Å². The molecule has 1 heterocycles. The lowest BCUT2D eigenvalue weighted by Crippen LogP contribution is -2.15. The highest BCUT2D eigenvalue weighted by molar-refractivity contribution is 4.86. The van der Waals surface area contributed by atoms with E-state index >= 15 is 0 Å². The van der Waals surface area contributed by atoms with Gasteiger partial charge in [-0.15, -0.1) is 0 Å². The Morgan fingerprint density at radius 3 is 2.50 bits per heavy atom. The Kier molecular flexibility index (Phi) is 4.02. The Bertz CT molecular complexity index is 125. The maximum Gasteiger partial charge on any atom is 0.110 e. The van der Waals surface area contributed by atoms with Crippen molar-refractivity contribution < 1.29 is 9.84 Å². The van der Waals surface area contributed by atoms with E-state index in [9.17, 15) is 5.11 Å². The molecule has 0 aromatic carbocycles. The van der Waals surface area contributed by atoms with Gasteiger partial charge in [0, 0.05) is 0 Å². The molecule has 1 aliphatic heterocycles. The molecule has 12 heavy (non-hydrogen) atoms. The van der Waals surface area contributed by atoms with Gasteiger partial charge in [0.15, 0.2) is 0 Å². The van der Waals surface area contributed by atoms with Crippen molar-refractivity contribution in [2.24, 2.45) is 0 Å². The first-order valence-electron chi connectivity index (χ1n) is 5.09. The van der Waals surface area contributed by atoms with Crippen molar-refractivity contribution in [2.75, 3.05) is 0 Å². The van der Waals surface area contributed by atoms with Crippen molar-refractivity contribution in [3.05, 3.63) is 0 Å². The predicted molar refractivity (Wildman–Crippen MR) is 49.1 cm³/mol. The van der Waals surface area contributed by atoms with E-state index in [1.54, 1.807) is 0 Å². The average molecular weight is 172 g/mol. The van der Waals surface area contributed by atoms with Crippen LogP contribution in [-0.2, 0) is 4.74 Å². The van der Waals surface area contributed by atoms with Gasteiger partial charge in [0.05, 0.1) is 12.2 Å². The molecule has 72 valence electrons. The molecule has 1 aliphatic rings. The molecule has 1 saturated heterocycles. The number of rotatable bonds is 6. The quantitative estimate of drug-likeness (QED) is 0.491. The van der Waals surface area contributed by atoms with E-state index in [2.05, 4.69) is 6.92 Å². The van der Waals surface area contributed by atoms with Gasteiger partial charge in [-0.05, 0) is 13.3 Å². The first-order chi connectivity index (χ1) is 5.75. The molecular weight excluding hydrogens is 152 g/mol. The molecule has 1 N–H and O–H groups in total. The summed E-state index contributed by atoms with van der Waals surface area (Å²) in [5, 5.41) is 9.53. The molecule has 0 radical (unpaired) electrons. The van der Waals surface area contributed by atoms with E-state index < -0.39 is 0 Å². The summed E-state index contributed by atoms with van der Waals surface area (Å²) in [4.78, 5) is 0. The molecule has 0 amide bonds. The molecule has 0 bridgehead atoms. The van der Waals surface area contributed by atoms with Gasteiger partial charge >= 0.3 is 0 Å². The van der Waals surface area contributed by atoms with Crippen molar-refractivity contribution in [3.63, 3.8) is 0 Å². The third kappa shape index (κ3) is 3.11. The number of hydrogen-bond donors (Lipinski definition) is 1. The zero-order valence-electron chi connectivity index (χ0n) is 8.12. The van der Waals surface area contributed by atoms with Gasteiger partial charge in [0.25, 0.3) is 0 Å². The summed E-state index contributed by atoms with van der Waals surface area (Å²) < 4.78 is 5.19. The standard InChI is InChI=1S/C10H20O2/c1-3-4-5-6-7-9(11)10-8(2)12-10/h8-11H,3-7H2,1-2H3/t8-,9?,10+/m1/s1. The Balaban J connectivity index is 1.92. The van der Waals surface area contributed by atoms with Crippen LogP contribution < -0.4 is 0 Å². The van der Waals surface area contributed by atoms with E-state index in [1.165, 1.54) is 19.3 Å². The van der Waals surface area contributed by atoms with Crippen LogP contribution in [0.2, 0.25) is 0 Å². The van der Waals surface area contributed by atoms with Gasteiger partial charge in [-0.25, -0.2) is 0 Å². The van der Waals surface area contributed by atoms with Crippen LogP contribution in [0.5, 0.6) is 0 Å². The highest BCUT2D eigenvalue weighted by atomic mass is 16.6. The van der Waals surface area contributed by atoms with Crippen molar-refractivity contribution in [1.82, 2.24) is 0 Å². The van der Waals surface area contributed by atoms with Crippen LogP contribution >= 0.6 is 0 Å². The van der Waals surface area contributed by atoms with Gasteiger partial charge in [0.2, 0.25) is 0 Å². The van der Waals surface area contributed by atoms with Gasteiger partial charge in [-0.3, -0.25) is 0 Å². The second-order valence-electron chi connectivity index (χ2n) is 3.72. The molecular formula is C10H20O2. The summed E-state index contributed by atoms with van der Waals surface area (Å²) in [5.41, 5.74) is 0. The lowest BCUT2D eigenvalue weighted by molar-refractivity contribution is 0.123. The van der Waals surface area contributed by atoms with E-state index in [4.69, 9.17) is 4.74 Å². The molecule has 2 heteroatoms. The Morgan fingerprint density at radius 2 is 2.00 bits per heavy atom. The summed E-state index contributed by atoms with van der Waals surface area (Å²) in [7, 11) is 0. The molecule has 2 nitrogen and oxygen atoms in total. The summed E-state index contributed by atoms with van der Waals surface area (Å²) in [6.07, 6.45) is 6.07. The minimum absolute atomic E-state index is 0.145. The van der Waals surface area contributed by atoms with Crippen LogP contribution in [0.4, 0.5) is 0 Å². The average Bonchev–Trinajstić information content (AvgIpc) is 2.76. The molecule has 0 spiro atoms. The number of hydrogen-bond acceptors (Lipinski definition) is 2. The highest BCUT2D eigenvalue weighted by Crippen LogP contribution is 2.27. The van der Waals surface area contributed by atoms with Crippen LogP contribution in [0.1, 0.15) is 46.0 Å². The monoisotopic (exact) mass is 172 g/mol. The second kappa shape index (κ2) is 4.83. The third-order valence-electron chi connectivity index (χ3n) is 2.49. The normalized spacial score (nSPS) is 30.2. The van der Waals surface area contributed by atoms with E-state index in [-0.39, 0.29) is 12.2 Å². The summed E-state index contributed by atoms with van der Waals surface area (Å²) in [6, 6.07) is 0. The Labute approximate surface area is 74.9 Å². The fraction of sp³-hybridized carbons (Fsp3) is 1.00. The zero-order valence-corrected chi connectivity index (χ0v) is 8.12. The van der Waals surface area contributed by atoms with Crippen molar-refractivity contribution >= 4 is 0 Å². The largest absolute Gasteiger partial charge is 0.390 e. The fourth-order valence-corrected chi connectivity index (χ4v) is 1.55. The van der Waals surface area contributed by atoms with Gasteiger partial charge in [0.1, 0.15) is 6.10 Å². The smallest absolute Gasteiger partial charge is 0.110 e. The second-order valence-corrected chi connectivity index (χ2v) is 3.72. The van der Waals surface area contributed by atoms with Gasteiger partial charge in [-0.2, -0.15) is 0 Å². The number of epoxide rings is 1. The van der Waals surface area contributed by atoms with Gasteiger partial charge < -0.3 is 9.84 Å². The Hall–Kier alpha value is -0.0800. The van der Waals surface area contributed by atoms with Crippen molar-refractivity contribution in [3.8, 4) is 0 Å². The summed E-state index contributed by atoms with van der Waals surface area (Å²) in [5.74, 6) is 0. The first-order valence-corrected chi connectivity index (χ1v) is 5.09. The van der Waals surface area contributed by atoms with E-state index in [0.29, 0.717) is 6.10 Å². The summed E-state index contributed by atoms with van der Waals surface area (Å²) >= 11 is 0. The van der Waals surface area contributed by atoms with Gasteiger partial charge in [-0.1, -0.05) is 32.6 Å². The molecule has 1 rings (SSSR count). The van der Waals surface area contributed by atoms with E-state index in [0.717, 1.165) is 12.8 Å². The molecule has 3 atom stereocenters. The Morgan fingerprint density at radius 1 is 1.33 bits per heavy atom. The van der Waals surface area contributed by atoms with Crippen LogP contribution in [-0.4, -0.2) is 23.4 Å². The summed E-state index contributed by atoms with van der Waals surface area (Å²) in [6.45, 7) is 4.21. The molecule has 1 unspecified atom stereocenters. The molecule has 1 fully saturated rings. The zero-order chi connectivity index (χ0) is 8.97. The number of ether oxygens (including phenoxy) is 1. The molecule has 0 aromatic heterocycles. The molecule has 0 aromatic rings. The lowest BCUT2D eigenvalue weighted by Gasteiger charge is -2.05. The maximum atomic E-state index is 9.53. The first kappa shape index (κ1) is 10.0. The van der Waals surface area contributed by atoms with Crippen LogP contribution in [0, 0.1) is 0 Å². The predicted octanol–water partition coefficient (Wildman–Crippen LogP) is 2.10. The number of aliphatic hydroxyl groups is 1. The third-order valence-corrected chi connectivity index (χ3v) is 2.49. The minimum Gasteiger partial charge on any atom is -0.390 e. The van der Waals surface area contributed by atoms with Crippen LogP contribution in [0.3, 0.4) is 0 Å². The van der Waals surface area contributed by atoms with E-state index in [1.807, 2.05) is 6.92 Å². The molecule has 0 aliphatic carbocycles. The molecule has 0 saturated carbocycles. The number of unbranched alkanes of at least 4 members (excludes halogenated alkanes) is 3. The SMILES string of the molecule is CCCCCCC(O)[C@H]1O[C@@H]1C. The maximum absolute atomic E-state index is 9.53. The highest BCUT2D eigenvalue weighted by Gasteiger charge is 2.39. The minimum atomic E-state index is -0.211. The van der Waals surface area contributed by atoms with Crippen LogP contribution in [0.15, 0.2) is 0 Å².